The highest BCUT2D eigenvalue weighted by Gasteiger charge is 2.05. The summed E-state index contributed by atoms with van der Waals surface area (Å²) < 4.78 is 1.09. The molecule has 0 saturated carbocycles. The van der Waals surface area contributed by atoms with Gasteiger partial charge in [-0.15, -0.1) is 0 Å². The van der Waals surface area contributed by atoms with E-state index in [1.165, 1.54) is 11.1 Å². The number of nitrogens with zero attached hydrogens (tertiary/aromatic N) is 2. The van der Waals surface area contributed by atoms with Crippen molar-refractivity contribution in [1.82, 2.24) is 9.88 Å². The van der Waals surface area contributed by atoms with Crippen LogP contribution in [-0.2, 0) is 13.1 Å². The summed E-state index contributed by atoms with van der Waals surface area (Å²) in [4.78, 5) is 6.35. The van der Waals surface area contributed by atoms with E-state index in [0.29, 0.717) is 0 Å². The fourth-order valence-electron chi connectivity index (χ4n) is 1.87. The predicted molar refractivity (Wildman–Crippen MR) is 78.0 cm³/mol. The van der Waals surface area contributed by atoms with Crippen LogP contribution in [-0.4, -0.2) is 16.9 Å². The number of nitrogen functional groups attached to an aromatic ring is 1. The second-order valence-corrected chi connectivity index (χ2v) is 5.24. The van der Waals surface area contributed by atoms with Crippen LogP contribution in [0.5, 0.6) is 0 Å². The zero-order valence-electron chi connectivity index (χ0n) is 10.3. The number of rotatable bonds is 4. The second-order valence-electron chi connectivity index (χ2n) is 4.38. The lowest BCUT2D eigenvalue weighted by Gasteiger charge is -2.17. The molecular weight excluding hydrogens is 290 g/mol. The van der Waals surface area contributed by atoms with Gasteiger partial charge in [-0.1, -0.05) is 22.0 Å². The van der Waals surface area contributed by atoms with Crippen molar-refractivity contribution in [3.8, 4) is 0 Å². The summed E-state index contributed by atoms with van der Waals surface area (Å²) in [5.74, 6) is 0. The molecule has 1 aromatic heterocycles. The molecule has 0 aliphatic heterocycles. The maximum Gasteiger partial charge on any atom is 0.0318 e. The number of benzene rings is 1. The van der Waals surface area contributed by atoms with Crippen molar-refractivity contribution in [2.75, 3.05) is 12.8 Å². The van der Waals surface area contributed by atoms with E-state index in [0.717, 1.165) is 23.2 Å². The zero-order valence-corrected chi connectivity index (χ0v) is 11.9. The Bertz CT molecular complexity index is 514. The predicted octanol–water partition coefficient (Wildman–Crippen LogP) is 3.06. The summed E-state index contributed by atoms with van der Waals surface area (Å²) in [7, 11) is 2.09. The van der Waals surface area contributed by atoms with Crippen LogP contribution in [0.15, 0.2) is 47.2 Å². The molecule has 0 spiro atoms. The Balaban J connectivity index is 2.03. The van der Waals surface area contributed by atoms with E-state index in [4.69, 9.17) is 5.73 Å². The Morgan fingerprint density at radius 3 is 2.83 bits per heavy atom. The molecule has 0 aliphatic carbocycles. The van der Waals surface area contributed by atoms with Crippen LogP contribution in [0.25, 0.3) is 0 Å². The van der Waals surface area contributed by atoms with E-state index in [1.54, 1.807) is 6.20 Å². The van der Waals surface area contributed by atoms with Gasteiger partial charge >= 0.3 is 0 Å². The van der Waals surface area contributed by atoms with Crippen molar-refractivity contribution in [2.45, 2.75) is 13.1 Å². The van der Waals surface area contributed by atoms with Gasteiger partial charge < -0.3 is 5.73 Å². The van der Waals surface area contributed by atoms with E-state index in [2.05, 4.69) is 38.9 Å². The van der Waals surface area contributed by atoms with Crippen LogP contribution in [0.3, 0.4) is 0 Å². The molecule has 2 aromatic rings. The molecule has 0 saturated heterocycles. The van der Waals surface area contributed by atoms with Gasteiger partial charge in [-0.25, -0.2) is 0 Å². The molecule has 2 rings (SSSR count). The lowest BCUT2D eigenvalue weighted by molar-refractivity contribution is 0.318. The van der Waals surface area contributed by atoms with Crippen molar-refractivity contribution in [3.63, 3.8) is 0 Å². The van der Waals surface area contributed by atoms with Crippen molar-refractivity contribution in [1.29, 1.82) is 0 Å². The SMILES string of the molecule is CN(Cc1cccnc1)Cc1cc(N)ccc1Br. The molecule has 0 radical (unpaired) electrons. The summed E-state index contributed by atoms with van der Waals surface area (Å²) in [6.45, 7) is 1.72. The van der Waals surface area contributed by atoms with Gasteiger partial charge in [-0.05, 0) is 42.4 Å². The Hall–Kier alpha value is -1.39. The van der Waals surface area contributed by atoms with Crippen molar-refractivity contribution < 1.29 is 0 Å². The fourth-order valence-corrected chi connectivity index (χ4v) is 2.24. The van der Waals surface area contributed by atoms with Gasteiger partial charge in [0.2, 0.25) is 0 Å². The monoisotopic (exact) mass is 305 g/mol. The van der Waals surface area contributed by atoms with E-state index < -0.39 is 0 Å². The summed E-state index contributed by atoms with van der Waals surface area (Å²) >= 11 is 3.55. The van der Waals surface area contributed by atoms with Crippen LogP contribution in [0.4, 0.5) is 5.69 Å². The summed E-state index contributed by atoms with van der Waals surface area (Å²) in [5.41, 5.74) is 9.00. The van der Waals surface area contributed by atoms with E-state index in [9.17, 15) is 0 Å². The first-order valence-corrected chi connectivity index (χ1v) is 6.56. The second kappa shape index (κ2) is 5.98. The molecule has 3 nitrogen and oxygen atoms in total. The number of aromatic nitrogens is 1. The molecule has 0 bridgehead atoms. The molecule has 1 aromatic carbocycles. The normalized spacial score (nSPS) is 10.8. The molecule has 2 N–H and O–H groups in total. The molecule has 0 unspecified atom stereocenters. The number of pyridine rings is 1. The van der Waals surface area contributed by atoms with Crippen molar-refractivity contribution >= 4 is 21.6 Å². The van der Waals surface area contributed by atoms with Gasteiger partial charge in [0.1, 0.15) is 0 Å². The first kappa shape index (κ1) is 13.1. The minimum absolute atomic E-state index is 0.794. The van der Waals surface area contributed by atoms with Crippen LogP contribution in [0, 0.1) is 0 Å². The van der Waals surface area contributed by atoms with Gasteiger partial charge in [-0.3, -0.25) is 9.88 Å². The topological polar surface area (TPSA) is 42.2 Å². The highest BCUT2D eigenvalue weighted by molar-refractivity contribution is 9.10. The lowest BCUT2D eigenvalue weighted by Crippen LogP contribution is -2.17. The summed E-state index contributed by atoms with van der Waals surface area (Å²) in [5, 5.41) is 0. The number of hydrogen-bond donors (Lipinski definition) is 1. The molecule has 0 aliphatic rings. The first-order valence-electron chi connectivity index (χ1n) is 5.76. The third-order valence-electron chi connectivity index (χ3n) is 2.69. The number of nitrogens with two attached hydrogens (primary N) is 1. The first-order chi connectivity index (χ1) is 8.65. The number of halogens is 1. The third-order valence-corrected chi connectivity index (χ3v) is 3.46. The van der Waals surface area contributed by atoms with Gasteiger partial charge in [0, 0.05) is 35.6 Å². The lowest BCUT2D eigenvalue weighted by atomic mass is 10.2. The van der Waals surface area contributed by atoms with Crippen LogP contribution in [0.2, 0.25) is 0 Å². The van der Waals surface area contributed by atoms with Gasteiger partial charge in [-0.2, -0.15) is 0 Å². The van der Waals surface area contributed by atoms with E-state index in [-0.39, 0.29) is 0 Å². The summed E-state index contributed by atoms with van der Waals surface area (Å²) in [6, 6.07) is 9.93. The number of anilines is 1. The largest absolute Gasteiger partial charge is 0.399 e. The number of hydrogen-bond acceptors (Lipinski definition) is 3. The Morgan fingerprint density at radius 1 is 1.28 bits per heavy atom. The van der Waals surface area contributed by atoms with Crippen LogP contribution >= 0.6 is 15.9 Å². The maximum atomic E-state index is 5.81. The van der Waals surface area contributed by atoms with Crippen molar-refractivity contribution in [2.24, 2.45) is 0 Å². The Labute approximate surface area is 116 Å². The highest BCUT2D eigenvalue weighted by atomic mass is 79.9. The van der Waals surface area contributed by atoms with E-state index in [1.807, 2.05) is 30.5 Å². The molecule has 94 valence electrons. The molecule has 0 atom stereocenters. The standard InChI is InChI=1S/C14H16BrN3/c1-18(9-11-3-2-6-17-8-11)10-12-7-13(16)4-5-14(12)15/h2-8H,9-10,16H2,1H3. The van der Waals surface area contributed by atoms with E-state index >= 15 is 0 Å². The highest BCUT2D eigenvalue weighted by Crippen LogP contribution is 2.21. The Kier molecular flexibility index (Phi) is 4.33. The van der Waals surface area contributed by atoms with Crippen LogP contribution in [0.1, 0.15) is 11.1 Å². The fraction of sp³-hybridized carbons (Fsp3) is 0.214. The molecule has 0 fully saturated rings. The molecular formula is C14H16BrN3. The molecule has 1 heterocycles. The quantitative estimate of drug-likeness (QED) is 0.883. The molecule has 0 amide bonds. The average Bonchev–Trinajstić information content (AvgIpc) is 2.35. The Morgan fingerprint density at radius 2 is 2.11 bits per heavy atom. The van der Waals surface area contributed by atoms with Crippen LogP contribution < -0.4 is 5.73 Å². The summed E-state index contributed by atoms with van der Waals surface area (Å²) in [6.07, 6.45) is 3.68. The van der Waals surface area contributed by atoms with Gasteiger partial charge in [0.25, 0.3) is 0 Å². The third kappa shape index (κ3) is 3.55. The maximum absolute atomic E-state index is 5.81. The van der Waals surface area contributed by atoms with Crippen molar-refractivity contribution in [3.05, 3.63) is 58.3 Å². The smallest absolute Gasteiger partial charge is 0.0318 e. The molecule has 18 heavy (non-hydrogen) atoms. The minimum Gasteiger partial charge on any atom is -0.399 e. The molecule has 4 heteroatoms. The van der Waals surface area contributed by atoms with Gasteiger partial charge in [0.15, 0.2) is 0 Å². The zero-order chi connectivity index (χ0) is 13.0. The average molecular weight is 306 g/mol. The minimum atomic E-state index is 0.794. The van der Waals surface area contributed by atoms with Gasteiger partial charge in [0.05, 0.1) is 0 Å².